The average Bonchev–Trinajstić information content (AvgIpc) is 3.69. The molecule has 0 spiro atoms. The van der Waals surface area contributed by atoms with Crippen molar-refractivity contribution in [1.82, 2.24) is 29.6 Å². The van der Waals surface area contributed by atoms with Crippen LogP contribution < -0.4 is 10.6 Å². The van der Waals surface area contributed by atoms with Gasteiger partial charge in [-0.25, -0.2) is 9.59 Å². The first-order chi connectivity index (χ1) is 20.2. The van der Waals surface area contributed by atoms with Gasteiger partial charge in [-0.1, -0.05) is 13.8 Å². The molecule has 4 N–H and O–H groups in total. The number of hydrogen-bond donors (Lipinski definition) is 4. The zero-order chi connectivity index (χ0) is 31.6. The van der Waals surface area contributed by atoms with E-state index in [1.807, 2.05) is 0 Å². The number of nitrogens with zero attached hydrogens (tertiary/aromatic N) is 4. The van der Waals surface area contributed by atoms with E-state index in [2.05, 4.69) is 10.6 Å². The number of carboxylic acids is 2. The lowest BCUT2D eigenvalue weighted by atomic mass is 9.84. The van der Waals surface area contributed by atoms with Crippen molar-refractivity contribution in [1.29, 1.82) is 0 Å². The minimum atomic E-state index is -1.19. The number of rotatable bonds is 10. The van der Waals surface area contributed by atoms with Crippen LogP contribution in [0.4, 0.5) is 0 Å². The van der Waals surface area contributed by atoms with E-state index in [-0.39, 0.29) is 50.6 Å². The van der Waals surface area contributed by atoms with Gasteiger partial charge in [0.1, 0.15) is 23.5 Å². The van der Waals surface area contributed by atoms with Gasteiger partial charge in [-0.15, -0.1) is 0 Å². The highest BCUT2D eigenvalue weighted by Crippen LogP contribution is 2.31. The van der Waals surface area contributed by atoms with Crippen LogP contribution in [0.25, 0.3) is 0 Å². The zero-order valence-electron chi connectivity index (χ0n) is 24.6. The molecule has 0 bridgehead atoms. The number of carboxylic acid groups (broad SMARTS) is 2. The first-order valence-corrected chi connectivity index (χ1v) is 14.1. The lowest BCUT2D eigenvalue weighted by Crippen LogP contribution is -2.45. The number of likely N-dealkylation sites (tertiary alicyclic amines) is 2. The average molecular weight is 599 g/mol. The summed E-state index contributed by atoms with van der Waals surface area (Å²) in [7, 11) is 3.43. The molecule has 14 heteroatoms. The number of nitrogens with one attached hydrogen (secondary N) is 2. The fourth-order valence-electron chi connectivity index (χ4n) is 5.90. The van der Waals surface area contributed by atoms with Crippen molar-refractivity contribution in [3.63, 3.8) is 0 Å². The molecule has 43 heavy (non-hydrogen) atoms. The molecule has 4 rings (SSSR count). The molecule has 0 aliphatic carbocycles. The number of carbonyl (C=O) groups excluding carboxylic acids is 4. The molecule has 0 aromatic carbocycles. The molecule has 0 radical (unpaired) electrons. The molecule has 2 saturated heterocycles. The molecule has 14 nitrogen and oxygen atoms in total. The molecule has 2 aliphatic heterocycles. The highest BCUT2D eigenvalue weighted by atomic mass is 16.4. The van der Waals surface area contributed by atoms with E-state index in [0.29, 0.717) is 11.4 Å². The number of aromatic nitrogens is 2. The molecule has 4 atom stereocenters. The van der Waals surface area contributed by atoms with E-state index in [1.165, 1.54) is 9.80 Å². The minimum Gasteiger partial charge on any atom is -0.480 e. The summed E-state index contributed by atoms with van der Waals surface area (Å²) in [4.78, 5) is 78.4. The summed E-state index contributed by atoms with van der Waals surface area (Å²) >= 11 is 0. The molecule has 4 heterocycles. The largest absolute Gasteiger partial charge is 0.480 e. The topological polar surface area (TPSA) is 183 Å². The van der Waals surface area contributed by atoms with E-state index in [9.17, 15) is 39.0 Å². The van der Waals surface area contributed by atoms with Crippen LogP contribution in [0.5, 0.6) is 0 Å². The predicted molar refractivity (Wildman–Crippen MR) is 152 cm³/mol. The number of aliphatic carboxylic acids is 2. The Bertz CT molecular complexity index is 1320. The van der Waals surface area contributed by atoms with Gasteiger partial charge < -0.3 is 39.8 Å². The van der Waals surface area contributed by atoms with Crippen molar-refractivity contribution < 1.29 is 39.0 Å². The van der Waals surface area contributed by atoms with Gasteiger partial charge in [-0.3, -0.25) is 19.2 Å². The Morgan fingerprint density at radius 3 is 1.42 bits per heavy atom. The first-order valence-electron chi connectivity index (χ1n) is 14.1. The lowest BCUT2D eigenvalue weighted by Gasteiger charge is -2.31. The third-order valence-corrected chi connectivity index (χ3v) is 8.10. The van der Waals surface area contributed by atoms with E-state index < -0.39 is 53.3 Å². The highest BCUT2D eigenvalue weighted by molar-refractivity contribution is 5.94. The van der Waals surface area contributed by atoms with E-state index in [1.54, 1.807) is 73.7 Å². The Morgan fingerprint density at radius 1 is 0.744 bits per heavy atom. The molecule has 2 aromatic heterocycles. The van der Waals surface area contributed by atoms with Gasteiger partial charge in [-0.2, -0.15) is 0 Å². The second kappa shape index (κ2) is 12.3. The van der Waals surface area contributed by atoms with Gasteiger partial charge in [0.25, 0.3) is 11.8 Å². The number of carbonyl (C=O) groups is 6. The molecule has 0 saturated carbocycles. The molecule has 2 aromatic rings. The smallest absolute Gasteiger partial charge is 0.326 e. The van der Waals surface area contributed by atoms with Gasteiger partial charge in [0.15, 0.2) is 0 Å². The molecular weight excluding hydrogens is 560 g/mol. The standard InChI is InChI=1S/C29H38N6O8/c1-29(2,13-23(36)34-15-17(11-21(34)27(40)41)30-25(38)19-7-5-9-32(19)3)14-24(37)35-16-18(12-22(35)28(42)43)31-26(39)20-8-6-10-33(20)4/h5-10,17-18,21-22H,11-16H2,1-4H3,(H,30,38)(H,31,39)(H,40,41)(H,42,43)/t17-,18-,21-,22-/m0/s1. The first kappa shape index (κ1) is 31.3. The van der Waals surface area contributed by atoms with E-state index in [4.69, 9.17) is 0 Å². The summed E-state index contributed by atoms with van der Waals surface area (Å²) < 4.78 is 3.27. The predicted octanol–water partition coefficient (Wildman–Crippen LogP) is 0.438. The third kappa shape index (κ3) is 7.07. The Hall–Kier alpha value is -4.62. The Labute approximate surface area is 248 Å². The summed E-state index contributed by atoms with van der Waals surface area (Å²) in [5, 5.41) is 25.2. The number of aryl methyl sites for hydroxylation is 2. The van der Waals surface area contributed by atoms with Crippen molar-refractivity contribution in [2.24, 2.45) is 19.5 Å². The van der Waals surface area contributed by atoms with Gasteiger partial charge in [0.05, 0.1) is 0 Å². The van der Waals surface area contributed by atoms with Crippen molar-refractivity contribution >= 4 is 35.6 Å². The summed E-state index contributed by atoms with van der Waals surface area (Å²) in [5.74, 6) is -4.10. The summed E-state index contributed by atoms with van der Waals surface area (Å²) in [6.07, 6.45) is 3.18. The van der Waals surface area contributed by atoms with Crippen LogP contribution in [0.1, 0.15) is 60.5 Å². The summed E-state index contributed by atoms with van der Waals surface area (Å²) in [6.45, 7) is 3.38. The van der Waals surface area contributed by atoms with Crippen LogP contribution in [0.3, 0.4) is 0 Å². The molecule has 0 unspecified atom stereocenters. The quantitative estimate of drug-likeness (QED) is 0.304. The van der Waals surface area contributed by atoms with Gasteiger partial charge in [0.2, 0.25) is 11.8 Å². The maximum atomic E-state index is 13.4. The van der Waals surface area contributed by atoms with Crippen LogP contribution >= 0.6 is 0 Å². The third-order valence-electron chi connectivity index (χ3n) is 8.10. The van der Waals surface area contributed by atoms with Crippen molar-refractivity contribution in [2.75, 3.05) is 13.1 Å². The maximum Gasteiger partial charge on any atom is 0.326 e. The second-order valence-corrected chi connectivity index (χ2v) is 12.1. The fraction of sp³-hybridized carbons (Fsp3) is 0.517. The van der Waals surface area contributed by atoms with Gasteiger partial charge >= 0.3 is 11.9 Å². The lowest BCUT2D eigenvalue weighted by molar-refractivity contribution is -0.150. The van der Waals surface area contributed by atoms with Crippen molar-refractivity contribution in [2.45, 2.75) is 63.7 Å². The number of amides is 4. The molecule has 2 aliphatic rings. The number of hydrogen-bond acceptors (Lipinski definition) is 6. The second-order valence-electron chi connectivity index (χ2n) is 12.1. The molecule has 4 amide bonds. The van der Waals surface area contributed by atoms with Crippen molar-refractivity contribution in [3.05, 3.63) is 48.0 Å². The van der Waals surface area contributed by atoms with Crippen LogP contribution in [0.15, 0.2) is 36.7 Å². The minimum absolute atomic E-state index is 0.00568. The Kier molecular flexibility index (Phi) is 8.97. The summed E-state index contributed by atoms with van der Waals surface area (Å²) in [5.41, 5.74) is -0.131. The van der Waals surface area contributed by atoms with E-state index >= 15 is 0 Å². The highest BCUT2D eigenvalue weighted by Gasteiger charge is 2.44. The fourth-order valence-corrected chi connectivity index (χ4v) is 5.90. The van der Waals surface area contributed by atoms with Crippen molar-refractivity contribution in [3.8, 4) is 0 Å². The van der Waals surface area contributed by atoms with Crippen LogP contribution in [0.2, 0.25) is 0 Å². The molecule has 232 valence electrons. The van der Waals surface area contributed by atoms with Gasteiger partial charge in [-0.05, 0) is 29.7 Å². The molecular formula is C29H38N6O8. The van der Waals surface area contributed by atoms with Crippen LogP contribution in [0, 0.1) is 5.41 Å². The molecule has 2 fully saturated rings. The SMILES string of the molecule is Cn1cccc1C(=O)N[C@H]1C[C@@H](C(=O)O)N(C(=O)CC(C)(C)CC(=O)N2C[C@@H](NC(=O)c3cccn3C)C[C@H]2C(=O)O)C1. The Balaban J connectivity index is 1.37. The summed E-state index contributed by atoms with van der Waals surface area (Å²) in [6, 6.07) is 3.28. The van der Waals surface area contributed by atoms with Gasteiger partial charge in [0, 0.05) is 77.3 Å². The zero-order valence-corrected chi connectivity index (χ0v) is 24.6. The maximum absolute atomic E-state index is 13.4. The van der Waals surface area contributed by atoms with Crippen LogP contribution in [-0.4, -0.2) is 102 Å². The van der Waals surface area contributed by atoms with E-state index in [0.717, 1.165) is 0 Å². The Morgan fingerprint density at radius 2 is 1.12 bits per heavy atom. The normalized spacial score (nSPS) is 22.0. The van der Waals surface area contributed by atoms with Crippen LogP contribution in [-0.2, 0) is 33.3 Å². The monoisotopic (exact) mass is 598 g/mol.